The number of H-pyrrole nitrogens is 1. The van der Waals surface area contributed by atoms with Gasteiger partial charge in [0.15, 0.2) is 5.43 Å². The van der Waals surface area contributed by atoms with Crippen molar-refractivity contribution in [1.29, 1.82) is 0 Å². The van der Waals surface area contributed by atoms with Crippen LogP contribution in [0.4, 0.5) is 0 Å². The average Bonchev–Trinajstić information content (AvgIpc) is 2.69. The van der Waals surface area contributed by atoms with Gasteiger partial charge in [0.05, 0.1) is 5.52 Å². The second kappa shape index (κ2) is 7.21. The van der Waals surface area contributed by atoms with Crippen molar-refractivity contribution in [2.45, 2.75) is 32.7 Å². The maximum Gasteiger partial charge on any atom is 0.251 e. The zero-order chi connectivity index (χ0) is 20.6. The molecule has 0 atom stereocenters. The Morgan fingerprint density at radius 2 is 1.62 bits per heavy atom. The molecule has 4 nitrogen and oxygen atoms in total. The van der Waals surface area contributed by atoms with Gasteiger partial charge in [-0.15, -0.1) is 0 Å². The molecule has 29 heavy (non-hydrogen) atoms. The third-order valence-electron chi connectivity index (χ3n) is 5.31. The molecule has 1 aromatic heterocycles. The SMILES string of the molecule is Cc1ccccc1CC(C)(C)NC(=O)c1ccc2c(=O)c3ccccc3[nH]c2c1. The molecule has 4 rings (SSSR count). The van der Waals surface area contributed by atoms with Crippen LogP contribution in [0.1, 0.15) is 35.3 Å². The minimum Gasteiger partial charge on any atom is -0.354 e. The smallest absolute Gasteiger partial charge is 0.251 e. The zero-order valence-corrected chi connectivity index (χ0v) is 16.9. The van der Waals surface area contributed by atoms with Gasteiger partial charge >= 0.3 is 0 Å². The number of hydrogen-bond acceptors (Lipinski definition) is 2. The number of carbonyl (C=O) groups is 1. The lowest BCUT2D eigenvalue weighted by molar-refractivity contribution is 0.0913. The molecule has 146 valence electrons. The van der Waals surface area contributed by atoms with Gasteiger partial charge in [-0.1, -0.05) is 36.4 Å². The third-order valence-corrected chi connectivity index (χ3v) is 5.31. The Hall–Kier alpha value is -3.40. The van der Waals surface area contributed by atoms with Crippen LogP contribution in [-0.4, -0.2) is 16.4 Å². The highest BCUT2D eigenvalue weighted by atomic mass is 16.1. The highest BCUT2D eigenvalue weighted by Crippen LogP contribution is 2.19. The van der Waals surface area contributed by atoms with Crippen LogP contribution in [0.15, 0.2) is 71.5 Å². The van der Waals surface area contributed by atoms with Gasteiger partial charge in [0, 0.05) is 27.4 Å². The summed E-state index contributed by atoms with van der Waals surface area (Å²) in [5.41, 5.74) is 3.95. The molecule has 4 heteroatoms. The Labute approximate surface area is 169 Å². The number of rotatable bonds is 4. The summed E-state index contributed by atoms with van der Waals surface area (Å²) in [7, 11) is 0. The van der Waals surface area contributed by atoms with E-state index in [0.717, 1.165) is 11.9 Å². The van der Waals surface area contributed by atoms with Crippen LogP contribution in [0.25, 0.3) is 21.8 Å². The Morgan fingerprint density at radius 3 is 2.41 bits per heavy atom. The summed E-state index contributed by atoms with van der Waals surface area (Å²) < 4.78 is 0. The van der Waals surface area contributed by atoms with E-state index in [1.807, 2.05) is 50.2 Å². The lowest BCUT2D eigenvalue weighted by Crippen LogP contribution is -2.45. The summed E-state index contributed by atoms with van der Waals surface area (Å²) in [6, 6.07) is 20.8. The highest BCUT2D eigenvalue weighted by molar-refractivity contribution is 6.00. The average molecular weight is 384 g/mol. The molecular weight excluding hydrogens is 360 g/mol. The number of para-hydroxylation sites is 1. The van der Waals surface area contributed by atoms with Crippen molar-refractivity contribution >= 4 is 27.7 Å². The topological polar surface area (TPSA) is 62.0 Å². The molecular formula is C25H24N2O2. The molecule has 0 aliphatic rings. The van der Waals surface area contributed by atoms with Gasteiger partial charge in [-0.05, 0) is 68.7 Å². The number of pyridine rings is 1. The van der Waals surface area contributed by atoms with E-state index in [9.17, 15) is 9.59 Å². The number of aromatic nitrogens is 1. The van der Waals surface area contributed by atoms with Gasteiger partial charge < -0.3 is 10.3 Å². The van der Waals surface area contributed by atoms with Crippen molar-refractivity contribution in [3.63, 3.8) is 0 Å². The molecule has 0 bridgehead atoms. The molecule has 0 saturated carbocycles. The minimum absolute atomic E-state index is 0.0267. The number of aromatic amines is 1. The molecule has 0 saturated heterocycles. The molecule has 0 fully saturated rings. The Morgan fingerprint density at radius 1 is 0.931 bits per heavy atom. The summed E-state index contributed by atoms with van der Waals surface area (Å²) >= 11 is 0. The van der Waals surface area contributed by atoms with Crippen molar-refractivity contribution in [3.8, 4) is 0 Å². The number of nitrogens with one attached hydrogen (secondary N) is 2. The quantitative estimate of drug-likeness (QED) is 0.499. The van der Waals surface area contributed by atoms with Crippen LogP contribution >= 0.6 is 0 Å². The summed E-state index contributed by atoms with van der Waals surface area (Å²) in [6.07, 6.45) is 0.737. The molecule has 1 amide bonds. The highest BCUT2D eigenvalue weighted by Gasteiger charge is 2.22. The monoisotopic (exact) mass is 384 g/mol. The molecule has 0 radical (unpaired) electrons. The fourth-order valence-electron chi connectivity index (χ4n) is 3.78. The van der Waals surface area contributed by atoms with Gasteiger partial charge in [-0.25, -0.2) is 0 Å². The van der Waals surface area contributed by atoms with E-state index in [2.05, 4.69) is 29.4 Å². The first kappa shape index (κ1) is 18.9. The molecule has 0 unspecified atom stereocenters. The van der Waals surface area contributed by atoms with Crippen LogP contribution in [0.3, 0.4) is 0 Å². The van der Waals surface area contributed by atoms with Crippen LogP contribution in [-0.2, 0) is 6.42 Å². The number of fused-ring (bicyclic) bond motifs is 2. The fraction of sp³-hybridized carbons (Fsp3) is 0.200. The summed E-state index contributed by atoms with van der Waals surface area (Å²) in [4.78, 5) is 28.9. The lowest BCUT2D eigenvalue weighted by atomic mass is 9.92. The summed E-state index contributed by atoms with van der Waals surface area (Å²) in [5.74, 6) is -0.153. The lowest BCUT2D eigenvalue weighted by Gasteiger charge is -2.27. The van der Waals surface area contributed by atoms with Crippen molar-refractivity contribution in [2.24, 2.45) is 0 Å². The van der Waals surface area contributed by atoms with Gasteiger partial charge in [0.1, 0.15) is 0 Å². The number of carbonyl (C=O) groups excluding carboxylic acids is 1. The first-order valence-electron chi connectivity index (χ1n) is 9.76. The summed E-state index contributed by atoms with van der Waals surface area (Å²) in [6.45, 7) is 6.12. The van der Waals surface area contributed by atoms with E-state index in [1.54, 1.807) is 18.2 Å². The molecule has 2 N–H and O–H groups in total. The van der Waals surface area contributed by atoms with Crippen molar-refractivity contribution < 1.29 is 4.79 Å². The van der Waals surface area contributed by atoms with E-state index in [1.165, 1.54) is 11.1 Å². The van der Waals surface area contributed by atoms with Gasteiger partial charge in [-0.3, -0.25) is 9.59 Å². The predicted molar refractivity (Wildman–Crippen MR) is 119 cm³/mol. The van der Waals surface area contributed by atoms with Crippen molar-refractivity contribution in [1.82, 2.24) is 10.3 Å². The van der Waals surface area contributed by atoms with Crippen LogP contribution in [0.2, 0.25) is 0 Å². The number of hydrogen-bond donors (Lipinski definition) is 2. The van der Waals surface area contributed by atoms with Gasteiger partial charge in [0.2, 0.25) is 0 Å². The number of aryl methyl sites for hydroxylation is 1. The van der Waals surface area contributed by atoms with E-state index >= 15 is 0 Å². The minimum atomic E-state index is -0.408. The molecule has 0 aliphatic heterocycles. The van der Waals surface area contributed by atoms with Crippen LogP contribution < -0.4 is 10.7 Å². The summed E-state index contributed by atoms with van der Waals surface area (Å²) in [5, 5.41) is 4.37. The van der Waals surface area contributed by atoms with Gasteiger partial charge in [0.25, 0.3) is 5.91 Å². The van der Waals surface area contributed by atoms with E-state index in [-0.39, 0.29) is 11.3 Å². The maximum atomic E-state index is 12.9. The molecule has 4 aromatic rings. The van der Waals surface area contributed by atoms with Crippen molar-refractivity contribution in [2.75, 3.05) is 0 Å². The number of benzene rings is 3. The standard InChI is InChI=1S/C25H24N2O2/c1-16-8-4-5-9-18(16)15-25(2,3)27-24(29)17-12-13-20-22(14-17)26-21-11-7-6-10-19(21)23(20)28/h4-14H,15H2,1-3H3,(H,26,28)(H,27,29). The predicted octanol–water partition coefficient (Wildman–Crippen LogP) is 4.74. The Kier molecular flexibility index (Phi) is 4.71. The number of amides is 1. The van der Waals surface area contributed by atoms with Crippen LogP contribution in [0, 0.1) is 6.92 Å². The van der Waals surface area contributed by atoms with Gasteiger partial charge in [-0.2, -0.15) is 0 Å². The fourth-order valence-corrected chi connectivity index (χ4v) is 3.78. The second-order valence-electron chi connectivity index (χ2n) is 8.20. The van der Waals surface area contributed by atoms with Crippen LogP contribution in [0.5, 0.6) is 0 Å². The molecule has 0 aliphatic carbocycles. The Balaban J connectivity index is 1.63. The molecule has 1 heterocycles. The van der Waals surface area contributed by atoms with E-state index < -0.39 is 5.54 Å². The second-order valence-corrected chi connectivity index (χ2v) is 8.20. The maximum absolute atomic E-state index is 12.9. The first-order chi connectivity index (χ1) is 13.8. The van der Waals surface area contributed by atoms with E-state index in [0.29, 0.717) is 21.9 Å². The Bertz CT molecular complexity index is 1280. The third kappa shape index (κ3) is 3.79. The van der Waals surface area contributed by atoms with Crippen molar-refractivity contribution in [3.05, 3.63) is 93.6 Å². The molecule has 0 spiro atoms. The van der Waals surface area contributed by atoms with E-state index in [4.69, 9.17) is 0 Å². The zero-order valence-electron chi connectivity index (χ0n) is 16.9. The first-order valence-corrected chi connectivity index (χ1v) is 9.76. The molecule has 3 aromatic carbocycles. The normalized spacial score (nSPS) is 11.7. The largest absolute Gasteiger partial charge is 0.354 e.